The van der Waals surface area contributed by atoms with E-state index in [4.69, 9.17) is 5.73 Å². The van der Waals surface area contributed by atoms with Gasteiger partial charge in [0.1, 0.15) is 5.82 Å². The van der Waals surface area contributed by atoms with E-state index in [1.54, 1.807) is 6.07 Å². The maximum Gasteiger partial charge on any atom is 0.146 e. The molecule has 1 aromatic rings. The lowest BCUT2D eigenvalue weighted by atomic mass is 10.1. The highest BCUT2D eigenvalue weighted by atomic mass is 19.1. The van der Waals surface area contributed by atoms with Crippen LogP contribution in [-0.4, -0.2) is 18.0 Å². The maximum atomic E-state index is 13.3. The minimum absolute atomic E-state index is 0.278. The first-order valence-electron chi connectivity index (χ1n) is 5.83. The minimum Gasteiger partial charge on any atom is -0.396 e. The molecule has 0 heterocycles. The molecule has 2 nitrogen and oxygen atoms in total. The van der Waals surface area contributed by atoms with Crippen molar-refractivity contribution in [3.8, 4) is 0 Å². The summed E-state index contributed by atoms with van der Waals surface area (Å²) in [4.78, 5) is 2.23. The van der Waals surface area contributed by atoms with Crippen LogP contribution in [0.5, 0.6) is 0 Å². The van der Waals surface area contributed by atoms with Crippen molar-refractivity contribution in [2.75, 3.05) is 12.8 Å². The molecule has 0 aromatic heterocycles. The fourth-order valence-electron chi connectivity index (χ4n) is 2.03. The van der Waals surface area contributed by atoms with Gasteiger partial charge in [-0.25, -0.2) is 4.39 Å². The van der Waals surface area contributed by atoms with Crippen molar-refractivity contribution in [2.24, 2.45) is 0 Å². The number of hydrogen-bond donors (Lipinski definition) is 1. The van der Waals surface area contributed by atoms with Gasteiger partial charge in [-0.3, -0.25) is 4.90 Å². The summed E-state index contributed by atoms with van der Waals surface area (Å²) in [5.74, 6) is -0.324. The van der Waals surface area contributed by atoms with Gasteiger partial charge < -0.3 is 5.73 Å². The van der Waals surface area contributed by atoms with Gasteiger partial charge in [-0.15, -0.1) is 0 Å². The third-order valence-electron chi connectivity index (χ3n) is 3.13. The summed E-state index contributed by atoms with van der Waals surface area (Å²) in [5, 5.41) is 0. The lowest BCUT2D eigenvalue weighted by molar-refractivity contribution is 0.222. The van der Waals surface area contributed by atoms with E-state index < -0.39 is 0 Å². The highest BCUT2D eigenvalue weighted by Crippen LogP contribution is 2.19. The van der Waals surface area contributed by atoms with Crippen molar-refractivity contribution in [1.82, 2.24) is 4.90 Å². The van der Waals surface area contributed by atoms with Crippen LogP contribution in [0.15, 0.2) is 18.2 Å². The van der Waals surface area contributed by atoms with Crippen LogP contribution in [0, 0.1) is 5.82 Å². The minimum atomic E-state index is -0.324. The number of hydrogen-bond acceptors (Lipinski definition) is 2. The van der Waals surface area contributed by atoms with Crippen LogP contribution in [0.1, 0.15) is 32.3 Å². The van der Waals surface area contributed by atoms with Crippen LogP contribution in [-0.2, 0) is 6.54 Å². The molecule has 0 amide bonds. The third kappa shape index (κ3) is 2.95. The molecule has 2 N–H and O–H groups in total. The number of nitrogen functional groups attached to an aromatic ring is 1. The number of halogens is 1. The zero-order valence-corrected chi connectivity index (χ0v) is 10.3. The van der Waals surface area contributed by atoms with Crippen molar-refractivity contribution >= 4 is 5.69 Å². The Balaban J connectivity index is 2.76. The molecule has 0 fully saturated rings. The number of nitrogens with zero attached hydrogens (tertiary/aromatic N) is 1. The van der Waals surface area contributed by atoms with Gasteiger partial charge in [0, 0.05) is 12.6 Å². The van der Waals surface area contributed by atoms with Crippen LogP contribution >= 0.6 is 0 Å². The number of para-hydroxylation sites is 1. The van der Waals surface area contributed by atoms with E-state index in [0.29, 0.717) is 12.6 Å². The average molecular weight is 224 g/mol. The Hall–Kier alpha value is -1.09. The predicted molar refractivity (Wildman–Crippen MR) is 66.6 cm³/mol. The van der Waals surface area contributed by atoms with Gasteiger partial charge in [0.05, 0.1) is 5.69 Å². The van der Waals surface area contributed by atoms with E-state index in [1.165, 1.54) is 6.07 Å². The molecule has 0 spiro atoms. The molecular formula is C13H21FN2. The molecule has 0 atom stereocenters. The molecular weight excluding hydrogens is 203 g/mol. The van der Waals surface area contributed by atoms with E-state index in [1.807, 2.05) is 6.07 Å². The molecule has 90 valence electrons. The molecule has 1 rings (SSSR count). The Kier molecular flexibility index (Phi) is 4.74. The molecule has 16 heavy (non-hydrogen) atoms. The summed E-state index contributed by atoms with van der Waals surface area (Å²) in [5.41, 5.74) is 6.86. The second kappa shape index (κ2) is 5.85. The second-order valence-corrected chi connectivity index (χ2v) is 4.20. The van der Waals surface area contributed by atoms with E-state index in [0.717, 1.165) is 18.4 Å². The standard InChI is InChI=1S/C13H21FN2/c1-4-11(5-2)16(3)9-10-7-6-8-12(14)13(10)15/h6-8,11H,4-5,9,15H2,1-3H3. The first kappa shape index (κ1) is 13.0. The first-order valence-corrected chi connectivity index (χ1v) is 5.83. The van der Waals surface area contributed by atoms with E-state index in [-0.39, 0.29) is 11.5 Å². The summed E-state index contributed by atoms with van der Waals surface area (Å²) in [6.45, 7) is 5.04. The maximum absolute atomic E-state index is 13.3. The van der Waals surface area contributed by atoms with Gasteiger partial charge in [-0.05, 0) is 31.5 Å². The number of rotatable bonds is 5. The van der Waals surface area contributed by atoms with Crippen molar-refractivity contribution in [3.63, 3.8) is 0 Å². The smallest absolute Gasteiger partial charge is 0.146 e. The van der Waals surface area contributed by atoms with E-state index >= 15 is 0 Å². The number of anilines is 1. The largest absolute Gasteiger partial charge is 0.396 e. The van der Waals surface area contributed by atoms with Crippen molar-refractivity contribution in [3.05, 3.63) is 29.6 Å². The summed E-state index contributed by atoms with van der Waals surface area (Å²) >= 11 is 0. The van der Waals surface area contributed by atoms with Crippen LogP contribution < -0.4 is 5.73 Å². The lowest BCUT2D eigenvalue weighted by Crippen LogP contribution is -2.30. The van der Waals surface area contributed by atoms with E-state index in [2.05, 4.69) is 25.8 Å². The van der Waals surface area contributed by atoms with Crippen LogP contribution in [0.4, 0.5) is 10.1 Å². The molecule has 0 radical (unpaired) electrons. The van der Waals surface area contributed by atoms with Crippen molar-refractivity contribution in [2.45, 2.75) is 39.3 Å². The van der Waals surface area contributed by atoms with Gasteiger partial charge in [0.25, 0.3) is 0 Å². The topological polar surface area (TPSA) is 29.3 Å². The summed E-state index contributed by atoms with van der Waals surface area (Å²) < 4.78 is 13.3. The molecule has 0 bridgehead atoms. The quantitative estimate of drug-likeness (QED) is 0.779. The number of benzene rings is 1. The summed E-state index contributed by atoms with van der Waals surface area (Å²) in [7, 11) is 2.06. The Labute approximate surface area is 97.3 Å². The Morgan fingerprint density at radius 3 is 2.50 bits per heavy atom. The molecule has 0 saturated heterocycles. The summed E-state index contributed by atoms with van der Waals surface area (Å²) in [6, 6.07) is 5.53. The zero-order valence-electron chi connectivity index (χ0n) is 10.3. The van der Waals surface area contributed by atoms with E-state index in [9.17, 15) is 4.39 Å². The Morgan fingerprint density at radius 1 is 1.31 bits per heavy atom. The molecule has 0 saturated carbocycles. The first-order chi connectivity index (χ1) is 7.60. The average Bonchev–Trinajstić information content (AvgIpc) is 2.26. The van der Waals surface area contributed by atoms with Crippen LogP contribution in [0.3, 0.4) is 0 Å². The van der Waals surface area contributed by atoms with Gasteiger partial charge >= 0.3 is 0 Å². The van der Waals surface area contributed by atoms with Gasteiger partial charge in [0.15, 0.2) is 0 Å². The van der Waals surface area contributed by atoms with Crippen LogP contribution in [0.25, 0.3) is 0 Å². The van der Waals surface area contributed by atoms with Gasteiger partial charge in [-0.1, -0.05) is 26.0 Å². The van der Waals surface area contributed by atoms with Crippen molar-refractivity contribution in [1.29, 1.82) is 0 Å². The monoisotopic (exact) mass is 224 g/mol. The molecule has 1 aromatic carbocycles. The SMILES string of the molecule is CCC(CC)N(C)Cc1cccc(F)c1N. The highest BCUT2D eigenvalue weighted by molar-refractivity contribution is 5.47. The van der Waals surface area contributed by atoms with Crippen molar-refractivity contribution < 1.29 is 4.39 Å². The summed E-state index contributed by atoms with van der Waals surface area (Å²) in [6.07, 6.45) is 2.20. The molecule has 3 heteroatoms. The normalized spacial score (nSPS) is 11.4. The number of nitrogens with two attached hydrogens (primary N) is 1. The zero-order chi connectivity index (χ0) is 12.1. The predicted octanol–water partition coefficient (Wildman–Crippen LogP) is 3.03. The lowest BCUT2D eigenvalue weighted by Gasteiger charge is -2.26. The van der Waals surface area contributed by atoms with Gasteiger partial charge in [0.2, 0.25) is 0 Å². The third-order valence-corrected chi connectivity index (χ3v) is 3.13. The molecule has 0 aliphatic rings. The Bertz CT molecular complexity index is 335. The molecule has 0 aliphatic heterocycles. The van der Waals surface area contributed by atoms with Gasteiger partial charge in [-0.2, -0.15) is 0 Å². The molecule has 0 aliphatic carbocycles. The second-order valence-electron chi connectivity index (χ2n) is 4.20. The van der Waals surface area contributed by atoms with Crippen LogP contribution in [0.2, 0.25) is 0 Å². The fourth-order valence-corrected chi connectivity index (χ4v) is 2.03. The highest BCUT2D eigenvalue weighted by Gasteiger charge is 2.13. The fraction of sp³-hybridized carbons (Fsp3) is 0.538. The Morgan fingerprint density at radius 2 is 1.94 bits per heavy atom. The molecule has 0 unspecified atom stereocenters.